The van der Waals surface area contributed by atoms with Crippen molar-refractivity contribution in [3.8, 4) is 0 Å². The molecule has 1 fully saturated rings. The van der Waals surface area contributed by atoms with Crippen molar-refractivity contribution in [2.45, 2.75) is 46.0 Å². The molecule has 4 nitrogen and oxygen atoms in total. The third-order valence-electron chi connectivity index (χ3n) is 3.80. The van der Waals surface area contributed by atoms with Crippen LogP contribution in [0.25, 0.3) is 0 Å². The van der Waals surface area contributed by atoms with E-state index in [2.05, 4.69) is 16.9 Å². The third kappa shape index (κ3) is 6.10. The zero-order valence-corrected chi connectivity index (χ0v) is 12.5. The van der Waals surface area contributed by atoms with Gasteiger partial charge < -0.3 is 15.8 Å². The normalized spacial score (nSPS) is 18.5. The van der Waals surface area contributed by atoms with Crippen LogP contribution in [-0.4, -0.2) is 32.3 Å². The van der Waals surface area contributed by atoms with Gasteiger partial charge in [-0.25, -0.2) is 0 Å². The maximum atomic E-state index is 5.88. The van der Waals surface area contributed by atoms with Crippen LogP contribution < -0.4 is 11.1 Å². The molecule has 1 saturated carbocycles. The summed E-state index contributed by atoms with van der Waals surface area (Å²) in [6, 6.07) is 0. The summed E-state index contributed by atoms with van der Waals surface area (Å²) in [6.07, 6.45) is 6.20. The zero-order valence-electron chi connectivity index (χ0n) is 12.5. The van der Waals surface area contributed by atoms with Crippen molar-refractivity contribution in [3.05, 3.63) is 12.2 Å². The molecule has 19 heavy (non-hydrogen) atoms. The molecule has 0 aromatic rings. The van der Waals surface area contributed by atoms with Gasteiger partial charge in [0.1, 0.15) is 0 Å². The van der Waals surface area contributed by atoms with Gasteiger partial charge in [-0.15, -0.1) is 0 Å². The van der Waals surface area contributed by atoms with E-state index >= 15 is 0 Å². The Morgan fingerprint density at radius 1 is 1.42 bits per heavy atom. The van der Waals surface area contributed by atoms with Gasteiger partial charge in [-0.1, -0.05) is 25.0 Å². The number of hydrogen-bond donors (Lipinski definition) is 2. The number of nitrogens with one attached hydrogen (secondary N) is 1. The summed E-state index contributed by atoms with van der Waals surface area (Å²) < 4.78 is 5.50. The first-order valence-corrected chi connectivity index (χ1v) is 7.34. The molecule has 0 aromatic heterocycles. The Labute approximate surface area is 117 Å². The van der Waals surface area contributed by atoms with Crippen LogP contribution in [-0.2, 0) is 4.74 Å². The van der Waals surface area contributed by atoms with Gasteiger partial charge in [0, 0.05) is 26.3 Å². The molecule has 1 rings (SSSR count). The monoisotopic (exact) mass is 267 g/mol. The third-order valence-corrected chi connectivity index (χ3v) is 3.80. The van der Waals surface area contributed by atoms with Crippen LogP contribution in [0.2, 0.25) is 0 Å². The van der Waals surface area contributed by atoms with E-state index in [-0.39, 0.29) is 0 Å². The van der Waals surface area contributed by atoms with E-state index in [1.165, 1.54) is 25.7 Å². The van der Waals surface area contributed by atoms with Gasteiger partial charge in [0.15, 0.2) is 5.96 Å². The lowest BCUT2D eigenvalue weighted by atomic mass is 9.83. The van der Waals surface area contributed by atoms with Crippen LogP contribution >= 0.6 is 0 Å². The standard InChI is InChI=1S/C15H29N3O/c1-4-19-10-9-15(7-5-6-8-15)12-18-14(16)17-11-13(2)3/h2,4-12H2,1,3H3,(H3,16,17,18). The Hall–Kier alpha value is -1.03. The molecule has 0 saturated heterocycles. The molecule has 0 bridgehead atoms. The van der Waals surface area contributed by atoms with Crippen molar-refractivity contribution < 1.29 is 4.74 Å². The number of hydrogen-bond acceptors (Lipinski definition) is 2. The van der Waals surface area contributed by atoms with Crippen LogP contribution in [0.1, 0.15) is 46.0 Å². The van der Waals surface area contributed by atoms with E-state index in [0.29, 0.717) is 17.9 Å². The molecule has 0 heterocycles. The van der Waals surface area contributed by atoms with Crippen LogP contribution in [0, 0.1) is 5.41 Å². The van der Waals surface area contributed by atoms with Gasteiger partial charge in [-0.2, -0.15) is 0 Å². The van der Waals surface area contributed by atoms with Gasteiger partial charge >= 0.3 is 0 Å². The fraction of sp³-hybridized carbons (Fsp3) is 0.800. The Morgan fingerprint density at radius 2 is 2.11 bits per heavy atom. The van der Waals surface area contributed by atoms with E-state index in [4.69, 9.17) is 10.5 Å². The number of nitrogens with two attached hydrogens (primary N) is 1. The zero-order chi connectivity index (χ0) is 14.1. The maximum Gasteiger partial charge on any atom is 0.188 e. The predicted molar refractivity (Wildman–Crippen MR) is 81.3 cm³/mol. The first-order chi connectivity index (χ1) is 9.08. The molecule has 0 unspecified atom stereocenters. The summed E-state index contributed by atoms with van der Waals surface area (Å²) in [7, 11) is 0. The van der Waals surface area contributed by atoms with E-state index in [0.717, 1.165) is 31.8 Å². The number of ether oxygens (including phenoxy) is 1. The SMILES string of the molecule is C=C(C)CNC(N)=NCC1(CCOCC)CCCC1. The van der Waals surface area contributed by atoms with Crippen molar-refractivity contribution in [1.29, 1.82) is 0 Å². The lowest BCUT2D eigenvalue weighted by molar-refractivity contribution is 0.107. The second-order valence-electron chi connectivity index (χ2n) is 5.67. The average Bonchev–Trinajstić information content (AvgIpc) is 2.83. The predicted octanol–water partition coefficient (Wildman–Crippen LogP) is 2.45. The van der Waals surface area contributed by atoms with Crippen molar-refractivity contribution in [3.63, 3.8) is 0 Å². The number of nitrogens with zero attached hydrogens (tertiary/aromatic N) is 1. The topological polar surface area (TPSA) is 59.6 Å². The summed E-state index contributed by atoms with van der Waals surface area (Å²) in [5.74, 6) is 0.533. The summed E-state index contributed by atoms with van der Waals surface area (Å²) in [5.41, 5.74) is 7.25. The van der Waals surface area contributed by atoms with Gasteiger partial charge in [0.25, 0.3) is 0 Å². The van der Waals surface area contributed by atoms with Crippen molar-refractivity contribution in [1.82, 2.24) is 5.32 Å². The molecule has 4 heteroatoms. The molecule has 3 N–H and O–H groups in total. The van der Waals surface area contributed by atoms with E-state index in [1.54, 1.807) is 0 Å². The number of rotatable bonds is 8. The second kappa shape index (κ2) is 8.20. The molecule has 0 amide bonds. The Kier molecular flexibility index (Phi) is 6.92. The lowest BCUT2D eigenvalue weighted by Gasteiger charge is -2.27. The second-order valence-corrected chi connectivity index (χ2v) is 5.67. The van der Waals surface area contributed by atoms with Crippen LogP contribution in [0.3, 0.4) is 0 Å². The van der Waals surface area contributed by atoms with Crippen molar-refractivity contribution in [2.75, 3.05) is 26.3 Å². The summed E-state index contributed by atoms with van der Waals surface area (Å²) in [5, 5.41) is 3.09. The minimum atomic E-state index is 0.310. The summed E-state index contributed by atoms with van der Waals surface area (Å²) in [4.78, 5) is 4.52. The summed E-state index contributed by atoms with van der Waals surface area (Å²) >= 11 is 0. The maximum absolute atomic E-state index is 5.88. The van der Waals surface area contributed by atoms with Crippen LogP contribution in [0.15, 0.2) is 17.1 Å². The molecule has 110 valence electrons. The largest absolute Gasteiger partial charge is 0.382 e. The Bertz CT molecular complexity index is 307. The Morgan fingerprint density at radius 3 is 2.68 bits per heavy atom. The summed E-state index contributed by atoms with van der Waals surface area (Å²) in [6.45, 7) is 11.0. The van der Waals surface area contributed by atoms with Crippen LogP contribution in [0.4, 0.5) is 0 Å². The molecular weight excluding hydrogens is 238 g/mol. The number of aliphatic imine (C=N–C) groups is 1. The molecule has 0 radical (unpaired) electrons. The molecular formula is C15H29N3O. The minimum Gasteiger partial charge on any atom is -0.382 e. The van der Waals surface area contributed by atoms with Gasteiger partial charge in [0.2, 0.25) is 0 Å². The molecule has 1 aliphatic rings. The van der Waals surface area contributed by atoms with Crippen molar-refractivity contribution >= 4 is 5.96 Å². The molecule has 0 spiro atoms. The smallest absolute Gasteiger partial charge is 0.188 e. The first kappa shape index (κ1) is 16.0. The van der Waals surface area contributed by atoms with E-state index in [9.17, 15) is 0 Å². The molecule has 0 aliphatic heterocycles. The quantitative estimate of drug-likeness (QED) is 0.307. The highest BCUT2D eigenvalue weighted by Gasteiger charge is 2.33. The van der Waals surface area contributed by atoms with Gasteiger partial charge in [-0.05, 0) is 38.5 Å². The van der Waals surface area contributed by atoms with E-state index in [1.807, 2.05) is 13.8 Å². The molecule has 0 aromatic carbocycles. The molecule has 0 atom stereocenters. The van der Waals surface area contributed by atoms with Gasteiger partial charge in [-0.3, -0.25) is 4.99 Å². The van der Waals surface area contributed by atoms with Crippen LogP contribution in [0.5, 0.6) is 0 Å². The van der Waals surface area contributed by atoms with Crippen molar-refractivity contribution in [2.24, 2.45) is 16.1 Å². The highest BCUT2D eigenvalue weighted by Crippen LogP contribution is 2.41. The first-order valence-electron chi connectivity index (χ1n) is 7.34. The Balaban J connectivity index is 2.44. The average molecular weight is 267 g/mol. The molecule has 1 aliphatic carbocycles. The highest BCUT2D eigenvalue weighted by molar-refractivity contribution is 5.78. The van der Waals surface area contributed by atoms with Gasteiger partial charge in [0.05, 0.1) is 0 Å². The fourth-order valence-electron chi connectivity index (χ4n) is 2.60. The lowest BCUT2D eigenvalue weighted by Crippen LogP contribution is -2.34. The minimum absolute atomic E-state index is 0.310. The highest BCUT2D eigenvalue weighted by atomic mass is 16.5. The fourth-order valence-corrected chi connectivity index (χ4v) is 2.60. The van der Waals surface area contributed by atoms with E-state index < -0.39 is 0 Å². The number of guanidine groups is 1.